The SMILES string of the molecule is O=C(c1ccccc1C(=O)c1c(F)c(F)c(F)c(F)c1F)c1c(F)c(F)c(F)c(F)c1F. The number of hydrogen-bond acceptors (Lipinski definition) is 2. The molecule has 0 heterocycles. The normalized spacial score (nSPS) is 11.1. The maximum Gasteiger partial charge on any atom is 0.200 e. The first kappa shape index (κ1) is 23.0. The molecule has 32 heavy (non-hydrogen) atoms. The van der Waals surface area contributed by atoms with Gasteiger partial charge in [0.05, 0.1) is 0 Å². The van der Waals surface area contributed by atoms with Crippen LogP contribution in [-0.2, 0) is 0 Å². The highest BCUT2D eigenvalue weighted by Crippen LogP contribution is 2.29. The van der Waals surface area contributed by atoms with Crippen LogP contribution in [0, 0.1) is 58.2 Å². The van der Waals surface area contributed by atoms with Crippen molar-refractivity contribution < 1.29 is 53.5 Å². The quantitative estimate of drug-likeness (QED) is 0.219. The van der Waals surface area contributed by atoms with E-state index in [4.69, 9.17) is 0 Å². The second-order valence-corrected chi connectivity index (χ2v) is 6.09. The van der Waals surface area contributed by atoms with Crippen LogP contribution >= 0.6 is 0 Å². The fourth-order valence-electron chi connectivity index (χ4n) is 2.76. The maximum absolute atomic E-state index is 14.0. The standard InChI is InChI=1S/C20H4F10O2/c21-9-7(10(22)14(26)17(29)13(9)25)19(31)5-3-1-2-4-6(5)20(32)8-11(23)15(27)18(30)16(28)12(8)24/h1-4H. The molecule has 0 aliphatic carbocycles. The molecule has 0 amide bonds. The molecule has 0 atom stereocenters. The molecule has 0 unspecified atom stereocenters. The highest BCUT2D eigenvalue weighted by atomic mass is 19.2. The highest BCUT2D eigenvalue weighted by Gasteiger charge is 2.34. The van der Waals surface area contributed by atoms with Gasteiger partial charge in [-0.2, -0.15) is 0 Å². The average molecular weight is 466 g/mol. The molecule has 0 spiro atoms. The van der Waals surface area contributed by atoms with Crippen molar-refractivity contribution in [2.75, 3.05) is 0 Å². The minimum Gasteiger partial charge on any atom is -0.288 e. The Balaban J connectivity index is 2.26. The first-order chi connectivity index (χ1) is 14.9. The molecule has 0 radical (unpaired) electrons. The van der Waals surface area contributed by atoms with Gasteiger partial charge >= 0.3 is 0 Å². The van der Waals surface area contributed by atoms with Crippen LogP contribution in [0.5, 0.6) is 0 Å². The van der Waals surface area contributed by atoms with Crippen LogP contribution in [-0.4, -0.2) is 11.6 Å². The predicted octanol–water partition coefficient (Wildman–Crippen LogP) is 5.54. The van der Waals surface area contributed by atoms with Gasteiger partial charge < -0.3 is 0 Å². The summed E-state index contributed by atoms with van der Waals surface area (Å²) in [5.74, 6) is -29.3. The zero-order valence-corrected chi connectivity index (χ0v) is 14.9. The van der Waals surface area contributed by atoms with E-state index in [2.05, 4.69) is 0 Å². The largest absolute Gasteiger partial charge is 0.288 e. The molecule has 12 heteroatoms. The van der Waals surface area contributed by atoms with Crippen molar-refractivity contribution in [1.82, 2.24) is 0 Å². The summed E-state index contributed by atoms with van der Waals surface area (Å²) in [4.78, 5) is 25.1. The summed E-state index contributed by atoms with van der Waals surface area (Å²) < 4.78 is 136. The van der Waals surface area contributed by atoms with E-state index < -0.39 is 92.0 Å². The number of rotatable bonds is 4. The van der Waals surface area contributed by atoms with Crippen LogP contribution < -0.4 is 0 Å². The summed E-state index contributed by atoms with van der Waals surface area (Å²) in [7, 11) is 0. The number of carbonyl (C=O) groups excluding carboxylic acids is 2. The van der Waals surface area contributed by atoms with Gasteiger partial charge in [0, 0.05) is 11.1 Å². The Hall–Kier alpha value is -3.70. The number of halogens is 10. The molecular formula is C20H4F10O2. The Kier molecular flexibility index (Phi) is 5.81. The van der Waals surface area contributed by atoms with Crippen LogP contribution in [0.1, 0.15) is 31.8 Å². The molecule has 0 aliphatic rings. The summed E-state index contributed by atoms with van der Waals surface area (Å²) in [5, 5.41) is 0. The Bertz CT molecular complexity index is 1160. The zero-order chi connectivity index (χ0) is 24.1. The van der Waals surface area contributed by atoms with E-state index in [0.29, 0.717) is 12.1 Å². The first-order valence-electron chi connectivity index (χ1n) is 8.13. The topological polar surface area (TPSA) is 34.1 Å². The first-order valence-corrected chi connectivity index (χ1v) is 8.13. The van der Waals surface area contributed by atoms with Crippen molar-refractivity contribution in [2.45, 2.75) is 0 Å². The van der Waals surface area contributed by atoms with Gasteiger partial charge in [0.2, 0.25) is 11.6 Å². The van der Waals surface area contributed by atoms with E-state index in [0.717, 1.165) is 12.1 Å². The van der Waals surface area contributed by atoms with Crippen molar-refractivity contribution in [3.05, 3.63) is 105 Å². The lowest BCUT2D eigenvalue weighted by molar-refractivity contribution is 0.0991. The molecule has 3 aromatic rings. The van der Waals surface area contributed by atoms with E-state index in [1.54, 1.807) is 0 Å². The van der Waals surface area contributed by atoms with Gasteiger partial charge in [-0.3, -0.25) is 9.59 Å². The van der Waals surface area contributed by atoms with Crippen molar-refractivity contribution >= 4 is 11.6 Å². The van der Waals surface area contributed by atoms with E-state index >= 15 is 0 Å². The van der Waals surface area contributed by atoms with E-state index in [-0.39, 0.29) is 0 Å². The highest BCUT2D eigenvalue weighted by molar-refractivity contribution is 6.19. The van der Waals surface area contributed by atoms with E-state index in [1.807, 2.05) is 0 Å². The minimum absolute atomic E-state index is 0.611. The summed E-state index contributed by atoms with van der Waals surface area (Å²) in [6, 6.07) is 3.10. The number of ketones is 2. The molecule has 0 saturated heterocycles. The Labute approximate surface area is 170 Å². The monoisotopic (exact) mass is 466 g/mol. The van der Waals surface area contributed by atoms with Crippen LogP contribution in [0.25, 0.3) is 0 Å². The smallest absolute Gasteiger partial charge is 0.200 e. The Morgan fingerprint density at radius 2 is 0.625 bits per heavy atom. The fraction of sp³-hybridized carbons (Fsp3) is 0. The van der Waals surface area contributed by atoms with Crippen molar-refractivity contribution in [3.63, 3.8) is 0 Å². The summed E-state index contributed by atoms with van der Waals surface area (Å²) in [5.41, 5.74) is -6.27. The summed E-state index contributed by atoms with van der Waals surface area (Å²) in [6.07, 6.45) is 0. The molecule has 3 aromatic carbocycles. The average Bonchev–Trinajstić information content (AvgIpc) is 2.78. The zero-order valence-electron chi connectivity index (χ0n) is 14.9. The maximum atomic E-state index is 14.0. The molecular weight excluding hydrogens is 462 g/mol. The van der Waals surface area contributed by atoms with Crippen LogP contribution in [0.2, 0.25) is 0 Å². The van der Waals surface area contributed by atoms with Gasteiger partial charge in [-0.25, -0.2) is 43.9 Å². The number of carbonyl (C=O) groups is 2. The summed E-state index contributed by atoms with van der Waals surface area (Å²) >= 11 is 0. The third-order valence-electron chi connectivity index (χ3n) is 4.29. The van der Waals surface area contributed by atoms with Gasteiger partial charge in [-0.1, -0.05) is 24.3 Å². The van der Waals surface area contributed by atoms with Crippen LogP contribution in [0.4, 0.5) is 43.9 Å². The lowest BCUT2D eigenvalue weighted by Crippen LogP contribution is -2.19. The van der Waals surface area contributed by atoms with Gasteiger partial charge in [-0.15, -0.1) is 0 Å². The summed E-state index contributed by atoms with van der Waals surface area (Å²) in [6.45, 7) is 0. The Morgan fingerprint density at radius 3 is 0.875 bits per heavy atom. The molecule has 0 aliphatic heterocycles. The third-order valence-corrected chi connectivity index (χ3v) is 4.29. The lowest BCUT2D eigenvalue weighted by Gasteiger charge is -2.12. The lowest BCUT2D eigenvalue weighted by atomic mass is 9.92. The second-order valence-electron chi connectivity index (χ2n) is 6.09. The number of hydrogen-bond donors (Lipinski definition) is 0. The molecule has 3 rings (SSSR count). The molecule has 2 nitrogen and oxygen atoms in total. The Morgan fingerprint density at radius 1 is 0.406 bits per heavy atom. The molecule has 0 bridgehead atoms. The van der Waals surface area contributed by atoms with Crippen molar-refractivity contribution in [2.24, 2.45) is 0 Å². The van der Waals surface area contributed by atoms with Crippen molar-refractivity contribution in [3.8, 4) is 0 Å². The minimum atomic E-state index is -2.58. The van der Waals surface area contributed by atoms with Gasteiger partial charge in [0.25, 0.3) is 0 Å². The molecule has 0 aromatic heterocycles. The second kappa shape index (κ2) is 8.09. The molecule has 0 saturated carbocycles. The van der Waals surface area contributed by atoms with E-state index in [9.17, 15) is 53.5 Å². The van der Waals surface area contributed by atoms with Gasteiger partial charge in [0.1, 0.15) is 11.1 Å². The molecule has 166 valence electrons. The number of benzene rings is 3. The van der Waals surface area contributed by atoms with Gasteiger partial charge in [0.15, 0.2) is 58.1 Å². The van der Waals surface area contributed by atoms with Crippen LogP contribution in [0.15, 0.2) is 24.3 Å². The van der Waals surface area contributed by atoms with Gasteiger partial charge in [-0.05, 0) is 0 Å². The fourth-order valence-corrected chi connectivity index (χ4v) is 2.76. The molecule has 0 N–H and O–H groups in total. The van der Waals surface area contributed by atoms with Crippen LogP contribution in [0.3, 0.4) is 0 Å². The van der Waals surface area contributed by atoms with Crippen molar-refractivity contribution in [1.29, 1.82) is 0 Å². The predicted molar refractivity (Wildman–Crippen MR) is 85.8 cm³/mol. The van der Waals surface area contributed by atoms with E-state index in [1.165, 1.54) is 0 Å². The molecule has 0 fully saturated rings. The third kappa shape index (κ3) is 3.31.